The first-order chi connectivity index (χ1) is 8.48. The van der Waals surface area contributed by atoms with E-state index in [1.807, 2.05) is 6.92 Å². The van der Waals surface area contributed by atoms with Gasteiger partial charge in [0.2, 0.25) is 10.0 Å². The molecule has 0 bridgehead atoms. The maximum atomic E-state index is 11.7. The maximum absolute atomic E-state index is 11.7. The molecular weight excluding hydrogens is 274 g/mol. The first-order valence-electron chi connectivity index (χ1n) is 5.78. The number of sulfonamides is 1. The van der Waals surface area contributed by atoms with Gasteiger partial charge in [0, 0.05) is 17.1 Å². The Kier molecular flexibility index (Phi) is 5.91. The highest BCUT2D eigenvalue weighted by molar-refractivity contribution is 7.89. The first-order valence-corrected chi connectivity index (χ1v) is 7.81. The van der Waals surface area contributed by atoms with E-state index >= 15 is 0 Å². The fourth-order valence-corrected chi connectivity index (χ4v) is 2.86. The van der Waals surface area contributed by atoms with Crippen LogP contribution in [0.25, 0.3) is 0 Å². The van der Waals surface area contributed by atoms with Crippen molar-refractivity contribution in [2.45, 2.75) is 26.3 Å². The third-order valence-corrected chi connectivity index (χ3v) is 4.14. The summed E-state index contributed by atoms with van der Waals surface area (Å²) in [7, 11) is -1.69. The molecule has 0 aliphatic carbocycles. The number of benzene rings is 1. The number of ether oxygens (including phenoxy) is 1. The molecule has 0 saturated carbocycles. The van der Waals surface area contributed by atoms with Gasteiger partial charge in [-0.1, -0.05) is 24.9 Å². The molecule has 0 aliphatic heterocycles. The molecule has 0 unspecified atom stereocenters. The molecule has 0 amide bonds. The van der Waals surface area contributed by atoms with Gasteiger partial charge in [-0.2, -0.15) is 0 Å². The van der Waals surface area contributed by atoms with E-state index in [1.165, 1.54) is 0 Å². The van der Waals surface area contributed by atoms with Crippen molar-refractivity contribution < 1.29 is 13.2 Å². The van der Waals surface area contributed by atoms with E-state index in [1.54, 1.807) is 25.3 Å². The maximum Gasteiger partial charge on any atom is 0.211 e. The molecule has 0 radical (unpaired) electrons. The number of hydrogen-bond acceptors (Lipinski definition) is 3. The van der Waals surface area contributed by atoms with Gasteiger partial charge in [0.15, 0.2) is 0 Å². The van der Waals surface area contributed by atoms with Crippen LogP contribution in [0.2, 0.25) is 5.02 Å². The number of unbranched alkanes of at least 4 members (excludes halogenated alkanes) is 1. The largest absolute Gasteiger partial charge is 0.496 e. The topological polar surface area (TPSA) is 55.4 Å². The van der Waals surface area contributed by atoms with Crippen molar-refractivity contribution in [1.82, 2.24) is 4.72 Å². The summed E-state index contributed by atoms with van der Waals surface area (Å²) in [6.07, 6.45) is 1.50. The Bertz CT molecular complexity index is 488. The van der Waals surface area contributed by atoms with E-state index in [0.29, 0.717) is 17.2 Å². The van der Waals surface area contributed by atoms with Crippen LogP contribution in [0.5, 0.6) is 5.75 Å². The predicted molar refractivity (Wildman–Crippen MR) is 73.5 cm³/mol. The average Bonchev–Trinajstić information content (AvgIpc) is 2.34. The minimum Gasteiger partial charge on any atom is -0.496 e. The van der Waals surface area contributed by atoms with Crippen LogP contribution in [0, 0.1) is 0 Å². The minimum atomic E-state index is -3.23. The van der Waals surface area contributed by atoms with Gasteiger partial charge in [-0.15, -0.1) is 0 Å². The second-order valence-electron chi connectivity index (χ2n) is 3.95. The summed E-state index contributed by atoms with van der Waals surface area (Å²) in [4.78, 5) is 0. The number of nitrogens with one attached hydrogen (secondary N) is 1. The smallest absolute Gasteiger partial charge is 0.211 e. The van der Waals surface area contributed by atoms with Crippen LogP contribution in [-0.2, 0) is 16.6 Å². The van der Waals surface area contributed by atoms with Crippen LogP contribution in [0.1, 0.15) is 25.3 Å². The molecule has 0 heterocycles. The molecule has 0 saturated heterocycles. The number of rotatable bonds is 7. The van der Waals surface area contributed by atoms with Crippen LogP contribution in [0.4, 0.5) is 0 Å². The summed E-state index contributed by atoms with van der Waals surface area (Å²) >= 11 is 5.87. The molecule has 6 heteroatoms. The second kappa shape index (κ2) is 6.97. The lowest BCUT2D eigenvalue weighted by atomic mass is 10.2. The fourth-order valence-electron chi connectivity index (χ4n) is 1.48. The molecule has 1 aromatic carbocycles. The van der Waals surface area contributed by atoms with Crippen LogP contribution in [0.15, 0.2) is 18.2 Å². The van der Waals surface area contributed by atoms with Gasteiger partial charge in [0.05, 0.1) is 12.9 Å². The summed E-state index contributed by atoms with van der Waals surface area (Å²) < 4.78 is 31.0. The molecule has 4 nitrogen and oxygen atoms in total. The summed E-state index contributed by atoms with van der Waals surface area (Å²) in [6, 6.07) is 5.12. The lowest BCUT2D eigenvalue weighted by Crippen LogP contribution is -2.26. The third-order valence-electron chi connectivity index (χ3n) is 2.49. The monoisotopic (exact) mass is 291 g/mol. The zero-order chi connectivity index (χ0) is 13.6. The molecule has 0 aromatic heterocycles. The molecule has 0 aliphatic rings. The summed E-state index contributed by atoms with van der Waals surface area (Å²) in [6.45, 7) is 2.14. The molecule has 0 atom stereocenters. The second-order valence-corrected chi connectivity index (χ2v) is 6.31. The highest BCUT2D eigenvalue weighted by Gasteiger charge is 2.11. The molecule has 1 rings (SSSR count). The Morgan fingerprint density at radius 1 is 1.39 bits per heavy atom. The Balaban J connectivity index is 2.71. The van der Waals surface area contributed by atoms with Crippen molar-refractivity contribution >= 4 is 21.6 Å². The van der Waals surface area contributed by atoms with Gasteiger partial charge in [0.25, 0.3) is 0 Å². The van der Waals surface area contributed by atoms with E-state index in [4.69, 9.17) is 16.3 Å². The number of halogens is 1. The SMILES string of the molecule is CCCCS(=O)(=O)NCc1cc(Cl)ccc1OC. The van der Waals surface area contributed by atoms with Gasteiger partial charge in [-0.25, -0.2) is 13.1 Å². The van der Waals surface area contributed by atoms with E-state index < -0.39 is 10.0 Å². The Hall–Kier alpha value is -0.780. The average molecular weight is 292 g/mol. The van der Waals surface area contributed by atoms with Crippen LogP contribution in [0.3, 0.4) is 0 Å². The summed E-state index contributed by atoms with van der Waals surface area (Å²) in [5.74, 6) is 0.768. The third kappa shape index (κ3) is 4.84. The molecule has 0 spiro atoms. The molecule has 0 fully saturated rings. The fraction of sp³-hybridized carbons (Fsp3) is 0.500. The normalized spacial score (nSPS) is 11.5. The summed E-state index contributed by atoms with van der Waals surface area (Å²) in [5.41, 5.74) is 0.727. The van der Waals surface area contributed by atoms with Crippen molar-refractivity contribution in [2.75, 3.05) is 12.9 Å². The van der Waals surface area contributed by atoms with Gasteiger partial charge in [-0.05, 0) is 24.6 Å². The molecule has 1 N–H and O–H groups in total. The lowest BCUT2D eigenvalue weighted by molar-refractivity contribution is 0.409. The van der Waals surface area contributed by atoms with Gasteiger partial charge < -0.3 is 4.74 Å². The lowest BCUT2D eigenvalue weighted by Gasteiger charge is -2.10. The van der Waals surface area contributed by atoms with Crippen LogP contribution >= 0.6 is 11.6 Å². The number of methoxy groups -OCH3 is 1. The van der Waals surface area contributed by atoms with Crippen molar-refractivity contribution in [2.24, 2.45) is 0 Å². The highest BCUT2D eigenvalue weighted by atomic mass is 35.5. The standard InChI is InChI=1S/C12H18ClNO3S/c1-3-4-7-18(15,16)14-9-10-8-11(13)5-6-12(10)17-2/h5-6,8,14H,3-4,7,9H2,1-2H3. The zero-order valence-corrected chi connectivity index (χ0v) is 12.1. The number of hydrogen-bond donors (Lipinski definition) is 1. The predicted octanol–water partition coefficient (Wildman–Crippen LogP) is 2.57. The van der Waals surface area contributed by atoms with E-state index in [9.17, 15) is 8.42 Å². The van der Waals surface area contributed by atoms with Crippen molar-refractivity contribution in [3.63, 3.8) is 0 Å². The molecule has 102 valence electrons. The van der Waals surface area contributed by atoms with Crippen molar-refractivity contribution in [3.8, 4) is 5.75 Å². The zero-order valence-electron chi connectivity index (χ0n) is 10.6. The first kappa shape index (κ1) is 15.3. The minimum absolute atomic E-state index is 0.145. The van der Waals surface area contributed by atoms with Crippen molar-refractivity contribution in [3.05, 3.63) is 28.8 Å². The Morgan fingerprint density at radius 3 is 2.72 bits per heavy atom. The van der Waals surface area contributed by atoms with Crippen LogP contribution < -0.4 is 9.46 Å². The van der Waals surface area contributed by atoms with E-state index in [-0.39, 0.29) is 12.3 Å². The Morgan fingerprint density at radius 2 is 2.11 bits per heavy atom. The van der Waals surface area contributed by atoms with E-state index in [0.717, 1.165) is 12.0 Å². The molecule has 1 aromatic rings. The van der Waals surface area contributed by atoms with E-state index in [2.05, 4.69) is 4.72 Å². The quantitative estimate of drug-likeness (QED) is 0.840. The van der Waals surface area contributed by atoms with Gasteiger partial charge in [-0.3, -0.25) is 0 Å². The van der Waals surface area contributed by atoms with Gasteiger partial charge in [0.1, 0.15) is 5.75 Å². The molecular formula is C12H18ClNO3S. The highest BCUT2D eigenvalue weighted by Crippen LogP contribution is 2.22. The Labute approximate surface area is 113 Å². The van der Waals surface area contributed by atoms with Crippen LogP contribution in [-0.4, -0.2) is 21.3 Å². The molecule has 18 heavy (non-hydrogen) atoms. The van der Waals surface area contributed by atoms with Crippen molar-refractivity contribution in [1.29, 1.82) is 0 Å². The summed E-state index contributed by atoms with van der Waals surface area (Å²) in [5, 5.41) is 0.554. The van der Waals surface area contributed by atoms with Gasteiger partial charge >= 0.3 is 0 Å².